The Bertz CT molecular complexity index is 558. The number of rotatable bonds is 4. The zero-order valence-corrected chi connectivity index (χ0v) is 10.7. The third kappa shape index (κ3) is 2.67. The molecule has 2 aromatic rings. The summed E-state index contributed by atoms with van der Waals surface area (Å²) in [5, 5.41) is 2.90. The number of benzene rings is 1. The van der Waals surface area contributed by atoms with E-state index >= 15 is 0 Å². The maximum absolute atomic E-state index is 11.9. The van der Waals surface area contributed by atoms with Gasteiger partial charge in [0, 0.05) is 24.5 Å². The van der Waals surface area contributed by atoms with Crippen LogP contribution in [0, 0.1) is 5.92 Å². The number of hydrogen-bond acceptors (Lipinski definition) is 2. The normalized spacial score (nSPS) is 14.9. The summed E-state index contributed by atoms with van der Waals surface area (Å²) in [5.41, 5.74) is 0.999. The Morgan fingerprint density at radius 3 is 2.79 bits per heavy atom. The lowest BCUT2D eigenvalue weighted by molar-refractivity contribution is -0.117. The number of carbonyl (C=O) groups excluding carboxylic acids is 1. The number of amides is 1. The second-order valence-corrected chi connectivity index (χ2v) is 5.01. The van der Waals surface area contributed by atoms with Gasteiger partial charge in [-0.3, -0.25) is 14.7 Å². The van der Waals surface area contributed by atoms with Crippen molar-refractivity contribution in [1.82, 2.24) is 9.55 Å². The Labute approximate surface area is 112 Å². The molecule has 0 atom stereocenters. The van der Waals surface area contributed by atoms with E-state index in [2.05, 4.69) is 10.3 Å². The molecule has 1 fully saturated rings. The molecule has 1 heterocycles. The molecule has 19 heavy (non-hydrogen) atoms. The van der Waals surface area contributed by atoms with Crippen LogP contribution in [0.2, 0.25) is 0 Å². The predicted molar refractivity (Wildman–Crippen MR) is 74.2 cm³/mol. The highest BCUT2D eigenvalue weighted by Crippen LogP contribution is 2.29. The number of para-hydroxylation sites is 1. The molecule has 0 saturated heterocycles. The Hall–Kier alpha value is -2.10. The standard InChI is InChI=1S/C15H17N3O/c19-14(11-12-5-4-6-12)17-15-16-9-10-18(15)13-7-2-1-3-8-13/h1-3,7-10,12H,4-6,11H2,(H,16,17,19). The third-order valence-corrected chi connectivity index (χ3v) is 3.63. The van der Waals surface area contributed by atoms with E-state index in [0.29, 0.717) is 18.3 Å². The van der Waals surface area contributed by atoms with E-state index in [1.165, 1.54) is 19.3 Å². The van der Waals surface area contributed by atoms with Crippen LogP contribution >= 0.6 is 0 Å². The first-order chi connectivity index (χ1) is 9.33. The molecule has 0 unspecified atom stereocenters. The molecule has 0 radical (unpaired) electrons. The Morgan fingerprint density at radius 2 is 2.11 bits per heavy atom. The first-order valence-corrected chi connectivity index (χ1v) is 6.71. The van der Waals surface area contributed by atoms with Gasteiger partial charge in [0.2, 0.25) is 11.9 Å². The molecule has 1 aromatic carbocycles. The van der Waals surface area contributed by atoms with Gasteiger partial charge in [-0.2, -0.15) is 0 Å². The molecule has 1 aliphatic carbocycles. The second kappa shape index (κ2) is 5.26. The van der Waals surface area contributed by atoms with Crippen LogP contribution in [0.5, 0.6) is 0 Å². The fourth-order valence-electron chi connectivity index (χ4n) is 2.33. The van der Waals surface area contributed by atoms with Crippen molar-refractivity contribution in [2.45, 2.75) is 25.7 Å². The highest BCUT2D eigenvalue weighted by molar-refractivity contribution is 5.89. The van der Waals surface area contributed by atoms with Gasteiger partial charge in [-0.25, -0.2) is 4.98 Å². The van der Waals surface area contributed by atoms with E-state index < -0.39 is 0 Å². The smallest absolute Gasteiger partial charge is 0.226 e. The summed E-state index contributed by atoms with van der Waals surface area (Å²) in [5.74, 6) is 1.23. The summed E-state index contributed by atoms with van der Waals surface area (Å²) in [4.78, 5) is 16.1. The highest BCUT2D eigenvalue weighted by atomic mass is 16.1. The predicted octanol–water partition coefficient (Wildman–Crippen LogP) is 3.00. The Balaban J connectivity index is 1.71. The maximum atomic E-state index is 11.9. The molecule has 1 saturated carbocycles. The topological polar surface area (TPSA) is 46.9 Å². The number of carbonyl (C=O) groups is 1. The highest BCUT2D eigenvalue weighted by Gasteiger charge is 2.21. The minimum Gasteiger partial charge on any atom is -0.296 e. The SMILES string of the molecule is O=C(CC1CCC1)Nc1nccn1-c1ccccc1. The minimum absolute atomic E-state index is 0.0630. The van der Waals surface area contributed by atoms with Gasteiger partial charge in [0.15, 0.2) is 0 Å². The number of imidazole rings is 1. The fourth-order valence-corrected chi connectivity index (χ4v) is 2.33. The molecule has 4 nitrogen and oxygen atoms in total. The lowest BCUT2D eigenvalue weighted by atomic mass is 9.83. The maximum Gasteiger partial charge on any atom is 0.226 e. The quantitative estimate of drug-likeness (QED) is 0.912. The van der Waals surface area contributed by atoms with Crippen molar-refractivity contribution < 1.29 is 4.79 Å². The van der Waals surface area contributed by atoms with E-state index in [-0.39, 0.29) is 5.91 Å². The molecule has 98 valence electrons. The second-order valence-electron chi connectivity index (χ2n) is 5.01. The fraction of sp³-hybridized carbons (Fsp3) is 0.333. The largest absolute Gasteiger partial charge is 0.296 e. The van der Waals surface area contributed by atoms with E-state index in [9.17, 15) is 4.79 Å². The number of nitrogens with zero attached hydrogens (tertiary/aromatic N) is 2. The van der Waals surface area contributed by atoms with Gasteiger partial charge in [-0.05, 0) is 30.9 Å². The van der Waals surface area contributed by atoms with Crippen molar-refractivity contribution in [3.8, 4) is 5.69 Å². The van der Waals surface area contributed by atoms with Gasteiger partial charge in [0.1, 0.15) is 0 Å². The van der Waals surface area contributed by atoms with Gasteiger partial charge in [0.25, 0.3) is 0 Å². The van der Waals surface area contributed by atoms with E-state index in [0.717, 1.165) is 5.69 Å². The van der Waals surface area contributed by atoms with Gasteiger partial charge >= 0.3 is 0 Å². The molecule has 0 aliphatic heterocycles. The first-order valence-electron chi connectivity index (χ1n) is 6.71. The lowest BCUT2D eigenvalue weighted by Gasteiger charge is -2.24. The molecule has 3 rings (SSSR count). The van der Waals surface area contributed by atoms with Crippen LogP contribution in [0.3, 0.4) is 0 Å². The van der Waals surface area contributed by atoms with Crippen molar-refractivity contribution in [3.63, 3.8) is 0 Å². The molecule has 4 heteroatoms. The monoisotopic (exact) mass is 255 g/mol. The molecule has 1 amide bonds. The number of aromatic nitrogens is 2. The van der Waals surface area contributed by atoms with E-state index in [1.807, 2.05) is 41.1 Å². The van der Waals surface area contributed by atoms with Crippen LogP contribution in [-0.4, -0.2) is 15.5 Å². The Morgan fingerprint density at radius 1 is 1.32 bits per heavy atom. The van der Waals surface area contributed by atoms with Crippen molar-refractivity contribution in [2.24, 2.45) is 5.92 Å². The first kappa shape index (κ1) is 12.0. The van der Waals surface area contributed by atoms with Gasteiger partial charge in [-0.1, -0.05) is 24.6 Å². The van der Waals surface area contributed by atoms with Gasteiger partial charge in [-0.15, -0.1) is 0 Å². The lowest BCUT2D eigenvalue weighted by Crippen LogP contribution is -2.22. The number of anilines is 1. The summed E-state index contributed by atoms with van der Waals surface area (Å²) in [6.45, 7) is 0. The van der Waals surface area contributed by atoms with Gasteiger partial charge < -0.3 is 0 Å². The molecule has 1 aliphatic rings. The van der Waals surface area contributed by atoms with Crippen LogP contribution in [0.25, 0.3) is 5.69 Å². The van der Waals surface area contributed by atoms with Crippen molar-refractivity contribution in [1.29, 1.82) is 0 Å². The van der Waals surface area contributed by atoms with Crippen molar-refractivity contribution in [2.75, 3.05) is 5.32 Å². The zero-order chi connectivity index (χ0) is 13.1. The van der Waals surface area contributed by atoms with E-state index in [1.54, 1.807) is 6.20 Å². The molecule has 1 N–H and O–H groups in total. The van der Waals surface area contributed by atoms with E-state index in [4.69, 9.17) is 0 Å². The zero-order valence-electron chi connectivity index (χ0n) is 10.7. The van der Waals surface area contributed by atoms with Crippen LogP contribution in [-0.2, 0) is 4.79 Å². The van der Waals surface area contributed by atoms with Gasteiger partial charge in [0.05, 0.1) is 0 Å². The molecule has 0 spiro atoms. The summed E-state index contributed by atoms with van der Waals surface area (Å²) in [7, 11) is 0. The van der Waals surface area contributed by atoms with Crippen LogP contribution in [0.15, 0.2) is 42.7 Å². The number of hydrogen-bond donors (Lipinski definition) is 1. The summed E-state index contributed by atoms with van der Waals surface area (Å²) >= 11 is 0. The van der Waals surface area contributed by atoms with Crippen LogP contribution < -0.4 is 5.32 Å². The number of nitrogens with one attached hydrogen (secondary N) is 1. The third-order valence-electron chi connectivity index (χ3n) is 3.63. The average molecular weight is 255 g/mol. The van der Waals surface area contributed by atoms with Crippen LogP contribution in [0.1, 0.15) is 25.7 Å². The van der Waals surface area contributed by atoms with Crippen molar-refractivity contribution in [3.05, 3.63) is 42.7 Å². The summed E-state index contributed by atoms with van der Waals surface area (Å²) in [6, 6.07) is 9.88. The molecular formula is C15H17N3O. The summed E-state index contributed by atoms with van der Waals surface area (Å²) in [6.07, 6.45) is 7.79. The van der Waals surface area contributed by atoms with Crippen molar-refractivity contribution >= 4 is 11.9 Å². The van der Waals surface area contributed by atoms with Crippen LogP contribution in [0.4, 0.5) is 5.95 Å². The Kier molecular flexibility index (Phi) is 3.31. The average Bonchev–Trinajstić information content (AvgIpc) is 2.83. The molecule has 1 aromatic heterocycles. The minimum atomic E-state index is 0.0630. The molecule has 0 bridgehead atoms. The summed E-state index contributed by atoms with van der Waals surface area (Å²) < 4.78 is 1.89. The molecular weight excluding hydrogens is 238 g/mol.